The molecule has 384 valence electrons. The average Bonchev–Trinajstić information content (AvgIpc) is 3.96. The maximum absolute atomic E-state index is 7.32. The van der Waals surface area contributed by atoms with E-state index in [1.54, 1.807) is 24.3 Å². The minimum atomic E-state index is 0.150. The highest BCUT2D eigenvalue weighted by Crippen LogP contribution is 2.52. The van der Waals surface area contributed by atoms with Gasteiger partial charge >= 0.3 is 0 Å². The Morgan fingerprint density at radius 2 is 0.592 bits per heavy atom. The van der Waals surface area contributed by atoms with E-state index in [-0.39, 0.29) is 21.7 Å². The van der Waals surface area contributed by atoms with Crippen LogP contribution in [0.25, 0.3) is 44.5 Å². The molecule has 0 fully saturated rings. The summed E-state index contributed by atoms with van der Waals surface area (Å²) in [5.74, 6) is 0. The highest BCUT2D eigenvalue weighted by Gasteiger charge is 2.38. The lowest BCUT2D eigenvalue weighted by atomic mass is 9.80. The van der Waals surface area contributed by atoms with Crippen molar-refractivity contribution in [3.05, 3.63) is 237 Å². The van der Waals surface area contributed by atoms with Crippen LogP contribution in [-0.2, 0) is 21.7 Å². The maximum Gasteiger partial charge on any atom is 0.0587 e. The van der Waals surface area contributed by atoms with Crippen molar-refractivity contribution < 1.29 is 0 Å². The maximum atomic E-state index is 7.32. The lowest BCUT2D eigenvalue weighted by Gasteiger charge is -2.23. The summed E-state index contributed by atoms with van der Waals surface area (Å²) in [7, 11) is 0. The molecular formula is C72H76N4. The molecular weight excluding hydrogens is 921 g/mol. The number of hydrogen-bond acceptors (Lipinski definition) is 4. The first-order valence-electron chi connectivity index (χ1n) is 26.2. The van der Waals surface area contributed by atoms with Gasteiger partial charge in [-0.25, -0.2) is 0 Å². The molecule has 0 saturated heterocycles. The van der Waals surface area contributed by atoms with Gasteiger partial charge in [-0.2, -0.15) is 21.0 Å². The van der Waals surface area contributed by atoms with Crippen LogP contribution >= 0.6 is 0 Å². The second-order valence-electron chi connectivity index (χ2n) is 21.7. The predicted molar refractivity (Wildman–Crippen MR) is 320 cm³/mol. The van der Waals surface area contributed by atoms with Gasteiger partial charge in [0, 0.05) is 49.4 Å². The van der Waals surface area contributed by atoms with Crippen LogP contribution in [0.4, 0.5) is 0 Å². The van der Waals surface area contributed by atoms with Gasteiger partial charge in [0.2, 0.25) is 0 Å². The number of nitriles is 4. The van der Waals surface area contributed by atoms with Crippen LogP contribution in [0.3, 0.4) is 0 Å². The first-order chi connectivity index (χ1) is 36.1. The van der Waals surface area contributed by atoms with E-state index in [0.717, 1.165) is 0 Å². The molecule has 0 spiro atoms. The Morgan fingerprint density at radius 3 is 1.12 bits per heavy atom. The zero-order valence-corrected chi connectivity index (χ0v) is 48.0. The predicted octanol–water partition coefficient (Wildman–Crippen LogP) is 19.3. The number of fused-ring (bicyclic) bond motifs is 12. The van der Waals surface area contributed by atoms with E-state index in [1.165, 1.54) is 139 Å². The zero-order chi connectivity index (χ0) is 56.2. The molecule has 8 aromatic carbocycles. The Kier molecular flexibility index (Phi) is 19.2. The smallest absolute Gasteiger partial charge is 0.0587 e. The summed E-state index contributed by atoms with van der Waals surface area (Å²) in [4.78, 5) is 0. The van der Waals surface area contributed by atoms with Crippen LogP contribution in [0.2, 0.25) is 0 Å². The fourth-order valence-electron chi connectivity index (χ4n) is 11.7. The van der Waals surface area contributed by atoms with Gasteiger partial charge in [0.15, 0.2) is 0 Å². The lowest BCUT2D eigenvalue weighted by molar-refractivity contribution is 0.655. The highest BCUT2D eigenvalue weighted by atomic mass is 14.4. The van der Waals surface area contributed by atoms with E-state index in [9.17, 15) is 0 Å². The van der Waals surface area contributed by atoms with Crippen LogP contribution in [0.15, 0.2) is 170 Å². The Morgan fingerprint density at radius 1 is 0.276 bits per heavy atom. The first-order valence-corrected chi connectivity index (χ1v) is 26.2. The third-order valence-electron chi connectivity index (χ3n) is 15.1. The summed E-state index contributed by atoms with van der Waals surface area (Å²) < 4.78 is 0. The van der Waals surface area contributed by atoms with Crippen molar-refractivity contribution in [1.29, 1.82) is 21.0 Å². The van der Waals surface area contributed by atoms with E-state index in [0.29, 0.717) is 0 Å². The molecule has 4 heteroatoms. The minimum absolute atomic E-state index is 0.150. The van der Waals surface area contributed by atoms with Crippen LogP contribution in [0.1, 0.15) is 150 Å². The fraction of sp³-hybridized carbons (Fsp3) is 0.278. The van der Waals surface area contributed by atoms with Gasteiger partial charge in [-0.05, 0) is 128 Å². The number of benzene rings is 8. The number of rotatable bonds is 0. The summed E-state index contributed by atoms with van der Waals surface area (Å²) in [5, 5.41) is 29.3. The SMILES string of the molecule is CC#N.CC#N.CC#N.CC#N.Cc1ccc2c(c1)-c1ccccc1C2(C)C.Cc1ccc2c(c1)C(C)(C)c1ccccc1-2.Cc1cccc2c1-c1ccccc1C2(C)C.Cc1cccc2c1C(C)(C)c1ccccc1-2. The van der Waals surface area contributed by atoms with Gasteiger partial charge in [0.1, 0.15) is 0 Å². The van der Waals surface area contributed by atoms with Crippen LogP contribution in [-0.4, -0.2) is 0 Å². The highest BCUT2D eigenvalue weighted by molar-refractivity contribution is 5.84. The minimum Gasteiger partial charge on any atom is -0.199 e. The Bertz CT molecular complexity index is 3450. The largest absolute Gasteiger partial charge is 0.199 e. The molecule has 0 N–H and O–H groups in total. The monoisotopic (exact) mass is 997 g/mol. The molecule has 0 bridgehead atoms. The van der Waals surface area contributed by atoms with Gasteiger partial charge in [0.05, 0.1) is 24.3 Å². The third-order valence-corrected chi connectivity index (χ3v) is 15.1. The molecule has 12 rings (SSSR count). The second-order valence-corrected chi connectivity index (χ2v) is 21.7. The van der Waals surface area contributed by atoms with Crippen molar-refractivity contribution in [3.63, 3.8) is 0 Å². The summed E-state index contributed by atoms with van der Waals surface area (Å²) >= 11 is 0. The van der Waals surface area contributed by atoms with Gasteiger partial charge in [0.25, 0.3) is 0 Å². The Hall–Kier alpha value is -8.28. The van der Waals surface area contributed by atoms with Gasteiger partial charge in [-0.1, -0.05) is 236 Å². The molecule has 0 saturated carbocycles. The Balaban J connectivity index is 0.000000175. The molecule has 0 amide bonds. The van der Waals surface area contributed by atoms with Crippen molar-refractivity contribution >= 4 is 0 Å². The van der Waals surface area contributed by atoms with Crippen LogP contribution < -0.4 is 0 Å². The molecule has 0 heterocycles. The molecule has 4 aliphatic rings. The molecule has 0 atom stereocenters. The lowest BCUT2D eigenvalue weighted by Crippen LogP contribution is -2.16. The first kappa shape index (κ1) is 58.6. The van der Waals surface area contributed by atoms with Crippen molar-refractivity contribution in [2.75, 3.05) is 0 Å². The second kappa shape index (κ2) is 24.8. The number of aryl methyl sites for hydroxylation is 4. The normalized spacial score (nSPS) is 13.6. The van der Waals surface area contributed by atoms with Crippen molar-refractivity contribution in [2.24, 2.45) is 0 Å². The van der Waals surface area contributed by atoms with E-state index in [1.807, 2.05) is 0 Å². The van der Waals surface area contributed by atoms with Crippen molar-refractivity contribution in [1.82, 2.24) is 0 Å². The fourth-order valence-corrected chi connectivity index (χ4v) is 11.7. The van der Waals surface area contributed by atoms with Crippen molar-refractivity contribution in [2.45, 2.75) is 132 Å². The quantitative estimate of drug-likeness (QED) is 0.151. The third kappa shape index (κ3) is 11.6. The average molecular weight is 997 g/mol. The topological polar surface area (TPSA) is 95.2 Å². The summed E-state index contributed by atoms with van der Waals surface area (Å²) in [5.41, 5.74) is 29.1. The van der Waals surface area contributed by atoms with Gasteiger partial charge < -0.3 is 0 Å². The van der Waals surface area contributed by atoms with Crippen LogP contribution in [0.5, 0.6) is 0 Å². The van der Waals surface area contributed by atoms with E-state index in [4.69, 9.17) is 21.0 Å². The van der Waals surface area contributed by atoms with Crippen LogP contribution in [0, 0.1) is 73.0 Å². The standard InChI is InChI=1S/4C16H16.4C2H3N/c1-11-7-6-9-13-12-8-4-5-10-14(12)16(2,3)15(11)13;1-11-7-6-10-14-15(11)12-8-4-5-9-13(12)16(14,2)3;1-11-8-9-15-13(10-11)12-6-4-5-7-14(12)16(15,2)3;1-11-8-9-13-12-6-4-5-7-14(12)16(2,3)15(13)10-11;4*1-2-3/h4*4-10H,1-3H3;4*1H3. The van der Waals surface area contributed by atoms with E-state index < -0.39 is 0 Å². The number of nitrogens with zero attached hydrogens (tertiary/aromatic N) is 4. The molecule has 76 heavy (non-hydrogen) atoms. The molecule has 0 aromatic heterocycles. The zero-order valence-electron chi connectivity index (χ0n) is 48.0. The summed E-state index contributed by atoms with van der Waals surface area (Å²) in [6.07, 6.45) is 0. The van der Waals surface area contributed by atoms with Crippen molar-refractivity contribution in [3.8, 4) is 68.8 Å². The molecule has 0 unspecified atom stereocenters. The Labute approximate surface area is 456 Å². The summed E-state index contributed by atoms with van der Waals surface area (Å²) in [6.45, 7) is 33.0. The molecule has 0 aliphatic heterocycles. The van der Waals surface area contributed by atoms with Gasteiger partial charge in [-0.15, -0.1) is 0 Å². The van der Waals surface area contributed by atoms with E-state index >= 15 is 0 Å². The van der Waals surface area contributed by atoms with E-state index in [2.05, 4.69) is 253 Å². The molecule has 0 radical (unpaired) electrons. The molecule has 4 aliphatic carbocycles. The molecule has 8 aromatic rings. The number of hydrogen-bond donors (Lipinski definition) is 0. The molecule has 4 nitrogen and oxygen atoms in total. The summed E-state index contributed by atoms with van der Waals surface area (Å²) in [6, 6.07) is 68.9. The van der Waals surface area contributed by atoms with Gasteiger partial charge in [-0.3, -0.25) is 0 Å².